The lowest BCUT2D eigenvalue weighted by Gasteiger charge is -2.08. The number of hydrogen-bond acceptors (Lipinski definition) is 5. The molecule has 2 N–H and O–H groups in total. The van der Waals surface area contributed by atoms with Gasteiger partial charge in [0.05, 0.1) is 6.21 Å². The van der Waals surface area contributed by atoms with Crippen LogP contribution in [0.2, 0.25) is 5.02 Å². The van der Waals surface area contributed by atoms with Gasteiger partial charge in [0.1, 0.15) is 0 Å². The van der Waals surface area contributed by atoms with Crippen LogP contribution in [0.4, 0.5) is 5.69 Å². The Balaban J connectivity index is 1.58. The average Bonchev–Trinajstić information content (AvgIpc) is 3.06. The zero-order valence-electron chi connectivity index (χ0n) is 13.2. The highest BCUT2D eigenvalue weighted by Gasteiger charge is 2.15. The number of hydrogen-bond donors (Lipinski definition) is 2. The van der Waals surface area contributed by atoms with Gasteiger partial charge in [-0.25, -0.2) is 5.43 Å². The summed E-state index contributed by atoms with van der Waals surface area (Å²) in [6, 6.07) is 10.2. The van der Waals surface area contributed by atoms with Crippen molar-refractivity contribution >= 4 is 35.3 Å². The Bertz CT molecular complexity index is 867. The highest BCUT2D eigenvalue weighted by atomic mass is 35.5. The van der Waals surface area contributed by atoms with Crippen molar-refractivity contribution in [3.8, 4) is 11.5 Å². The van der Waals surface area contributed by atoms with Crippen LogP contribution < -0.4 is 20.2 Å². The van der Waals surface area contributed by atoms with Gasteiger partial charge in [-0.15, -0.1) is 0 Å². The second-order valence-electron chi connectivity index (χ2n) is 5.18. The molecular formula is C17H14ClN3O4. The van der Waals surface area contributed by atoms with Crippen LogP contribution in [0.15, 0.2) is 41.5 Å². The molecule has 1 aliphatic rings. The SMILES string of the molecule is Cc1c(Cl)cccc1NC(=O)C(=O)N/N=C/c1ccc2c(c1)OCO2. The summed E-state index contributed by atoms with van der Waals surface area (Å²) >= 11 is 5.97. The number of amides is 2. The number of nitrogens with one attached hydrogen (secondary N) is 2. The van der Waals surface area contributed by atoms with Crippen LogP contribution in [0.3, 0.4) is 0 Å². The largest absolute Gasteiger partial charge is 0.454 e. The molecule has 2 amide bonds. The molecular weight excluding hydrogens is 346 g/mol. The molecule has 1 heterocycles. The van der Waals surface area contributed by atoms with Gasteiger partial charge in [0.2, 0.25) is 6.79 Å². The van der Waals surface area contributed by atoms with Crippen molar-refractivity contribution in [1.29, 1.82) is 0 Å². The standard InChI is InChI=1S/C17H14ClN3O4/c1-10-12(18)3-2-4-13(10)20-16(22)17(23)21-19-8-11-5-6-14-15(7-11)25-9-24-14/h2-8H,9H2,1H3,(H,20,22)(H,21,23)/b19-8+. The zero-order valence-corrected chi connectivity index (χ0v) is 14.0. The van der Waals surface area contributed by atoms with E-state index < -0.39 is 11.8 Å². The van der Waals surface area contributed by atoms with Crippen LogP contribution in [0.5, 0.6) is 11.5 Å². The minimum Gasteiger partial charge on any atom is -0.454 e. The first kappa shape index (κ1) is 16.8. The Morgan fingerprint density at radius 2 is 1.96 bits per heavy atom. The summed E-state index contributed by atoms with van der Waals surface area (Å²) in [6.07, 6.45) is 1.40. The van der Waals surface area contributed by atoms with Crippen molar-refractivity contribution < 1.29 is 19.1 Å². The Morgan fingerprint density at radius 1 is 1.16 bits per heavy atom. The van der Waals surface area contributed by atoms with Crippen LogP contribution in [0, 0.1) is 6.92 Å². The monoisotopic (exact) mass is 359 g/mol. The maximum absolute atomic E-state index is 11.9. The van der Waals surface area contributed by atoms with Crippen LogP contribution in [-0.4, -0.2) is 24.8 Å². The number of carbonyl (C=O) groups is 2. The number of benzene rings is 2. The van der Waals surface area contributed by atoms with E-state index in [1.54, 1.807) is 43.3 Å². The molecule has 8 heteroatoms. The van der Waals surface area contributed by atoms with Gasteiger partial charge in [-0.2, -0.15) is 5.10 Å². The molecule has 0 unspecified atom stereocenters. The lowest BCUT2D eigenvalue weighted by atomic mass is 10.2. The third kappa shape index (κ3) is 3.89. The molecule has 0 spiro atoms. The molecule has 25 heavy (non-hydrogen) atoms. The molecule has 0 fully saturated rings. The molecule has 0 aromatic heterocycles. The molecule has 2 aromatic carbocycles. The van der Waals surface area contributed by atoms with Crippen LogP contribution >= 0.6 is 11.6 Å². The Hall–Kier alpha value is -3.06. The first-order valence-corrected chi connectivity index (χ1v) is 7.71. The van der Waals surface area contributed by atoms with Crippen LogP contribution in [0.1, 0.15) is 11.1 Å². The topological polar surface area (TPSA) is 89.0 Å². The number of halogens is 1. The minimum absolute atomic E-state index is 0.176. The van der Waals surface area contributed by atoms with E-state index in [4.69, 9.17) is 21.1 Å². The summed E-state index contributed by atoms with van der Waals surface area (Å²) in [5.41, 5.74) is 4.00. The third-order valence-electron chi connectivity index (χ3n) is 3.50. The number of nitrogens with zero attached hydrogens (tertiary/aromatic N) is 1. The van der Waals surface area contributed by atoms with Gasteiger partial charge in [0.25, 0.3) is 0 Å². The smallest absolute Gasteiger partial charge is 0.329 e. The number of carbonyl (C=O) groups excluding carboxylic acids is 2. The summed E-state index contributed by atoms with van der Waals surface area (Å²) in [5, 5.41) is 6.75. The van der Waals surface area contributed by atoms with Crippen molar-refractivity contribution in [2.45, 2.75) is 6.92 Å². The van der Waals surface area contributed by atoms with Gasteiger partial charge >= 0.3 is 11.8 Å². The summed E-state index contributed by atoms with van der Waals surface area (Å²) < 4.78 is 10.4. The van der Waals surface area contributed by atoms with Gasteiger partial charge in [-0.1, -0.05) is 17.7 Å². The van der Waals surface area contributed by atoms with E-state index in [0.717, 1.165) is 0 Å². The molecule has 0 bridgehead atoms. The molecule has 0 radical (unpaired) electrons. The predicted octanol–water partition coefficient (Wildman–Crippen LogP) is 2.47. The van der Waals surface area contributed by atoms with Gasteiger partial charge < -0.3 is 14.8 Å². The Morgan fingerprint density at radius 3 is 2.80 bits per heavy atom. The van der Waals surface area contributed by atoms with Crippen molar-refractivity contribution in [2.24, 2.45) is 5.10 Å². The maximum Gasteiger partial charge on any atom is 0.329 e. The van der Waals surface area contributed by atoms with E-state index in [9.17, 15) is 9.59 Å². The summed E-state index contributed by atoms with van der Waals surface area (Å²) in [5.74, 6) is -0.480. The van der Waals surface area contributed by atoms with Crippen molar-refractivity contribution in [3.05, 3.63) is 52.5 Å². The lowest BCUT2D eigenvalue weighted by Crippen LogP contribution is -2.32. The fraction of sp³-hybridized carbons (Fsp3) is 0.118. The number of fused-ring (bicyclic) bond motifs is 1. The van der Waals surface area contributed by atoms with Crippen molar-refractivity contribution in [3.63, 3.8) is 0 Å². The van der Waals surface area contributed by atoms with Crippen LogP contribution in [-0.2, 0) is 9.59 Å². The van der Waals surface area contributed by atoms with E-state index in [-0.39, 0.29) is 6.79 Å². The number of ether oxygens (including phenoxy) is 2. The van der Waals surface area contributed by atoms with E-state index in [0.29, 0.717) is 33.3 Å². The van der Waals surface area contributed by atoms with Crippen LogP contribution in [0.25, 0.3) is 0 Å². The second-order valence-corrected chi connectivity index (χ2v) is 5.59. The fourth-order valence-electron chi connectivity index (χ4n) is 2.13. The predicted molar refractivity (Wildman–Crippen MR) is 93.1 cm³/mol. The molecule has 0 aliphatic carbocycles. The van der Waals surface area contributed by atoms with E-state index in [1.807, 2.05) is 0 Å². The zero-order chi connectivity index (χ0) is 17.8. The maximum atomic E-state index is 11.9. The molecule has 2 aromatic rings. The van der Waals surface area contributed by atoms with E-state index in [1.165, 1.54) is 6.21 Å². The highest BCUT2D eigenvalue weighted by Crippen LogP contribution is 2.31. The van der Waals surface area contributed by atoms with Gasteiger partial charge in [0, 0.05) is 10.7 Å². The number of anilines is 1. The molecule has 128 valence electrons. The highest BCUT2D eigenvalue weighted by molar-refractivity contribution is 6.40. The van der Waals surface area contributed by atoms with Gasteiger partial charge in [0.15, 0.2) is 11.5 Å². The fourth-order valence-corrected chi connectivity index (χ4v) is 2.31. The third-order valence-corrected chi connectivity index (χ3v) is 3.91. The quantitative estimate of drug-likeness (QED) is 0.500. The number of hydrazone groups is 1. The van der Waals surface area contributed by atoms with Gasteiger partial charge in [-0.05, 0) is 48.4 Å². The molecule has 7 nitrogen and oxygen atoms in total. The molecule has 1 aliphatic heterocycles. The van der Waals surface area contributed by atoms with Crippen molar-refractivity contribution in [1.82, 2.24) is 5.43 Å². The summed E-state index contributed by atoms with van der Waals surface area (Å²) in [7, 11) is 0. The Kier molecular flexibility index (Phi) is 4.85. The normalized spacial score (nSPS) is 12.2. The molecule has 0 atom stereocenters. The second kappa shape index (κ2) is 7.23. The molecule has 3 rings (SSSR count). The molecule has 0 saturated carbocycles. The lowest BCUT2D eigenvalue weighted by molar-refractivity contribution is -0.136. The summed E-state index contributed by atoms with van der Waals surface area (Å²) in [6.45, 7) is 1.92. The first-order valence-electron chi connectivity index (χ1n) is 7.34. The van der Waals surface area contributed by atoms with E-state index in [2.05, 4.69) is 15.8 Å². The van der Waals surface area contributed by atoms with E-state index >= 15 is 0 Å². The first-order chi connectivity index (χ1) is 12.0. The molecule has 0 saturated heterocycles. The summed E-state index contributed by atoms with van der Waals surface area (Å²) in [4.78, 5) is 23.7. The Labute approximate surface area is 148 Å². The number of rotatable bonds is 3. The average molecular weight is 360 g/mol. The minimum atomic E-state index is -0.892. The van der Waals surface area contributed by atoms with Gasteiger partial charge in [-0.3, -0.25) is 9.59 Å². The van der Waals surface area contributed by atoms with Crippen molar-refractivity contribution in [2.75, 3.05) is 12.1 Å².